The minimum Gasteiger partial charge on any atom is -0.332 e. The van der Waals surface area contributed by atoms with Gasteiger partial charge in [-0.15, -0.1) is 0 Å². The molecule has 0 aromatic heterocycles. The van der Waals surface area contributed by atoms with Crippen molar-refractivity contribution in [3.63, 3.8) is 0 Å². The fourth-order valence-electron chi connectivity index (χ4n) is 0.715. The Morgan fingerprint density at radius 2 is 2.20 bits per heavy atom. The van der Waals surface area contributed by atoms with Crippen LogP contribution in [0, 0.1) is 6.92 Å². The van der Waals surface area contributed by atoms with E-state index in [-0.39, 0.29) is 0 Å². The van der Waals surface area contributed by atoms with Gasteiger partial charge in [-0.2, -0.15) is 0 Å². The molecule has 0 aliphatic rings. The number of thiol groups is 1. The first-order valence-corrected chi connectivity index (χ1v) is 3.73. The third-order valence-corrected chi connectivity index (χ3v) is 1.80. The van der Waals surface area contributed by atoms with Crippen LogP contribution in [0.25, 0.3) is 0 Å². The van der Waals surface area contributed by atoms with Gasteiger partial charge in [-0.25, -0.2) is 0 Å². The number of aryl methyl sites for hydroxylation is 1. The minimum atomic E-state index is 0.724. The van der Waals surface area contributed by atoms with Crippen molar-refractivity contribution in [2.75, 3.05) is 4.72 Å². The molecule has 10 heavy (non-hydrogen) atoms. The largest absolute Gasteiger partial charge is 0.332 e. The standard InChI is InChI=1S/C7H8ClNS/c1-5-2-3-6(8)4-7(5)9-10/h2-4,9-10H,1H3. The van der Waals surface area contributed by atoms with Gasteiger partial charge in [0.25, 0.3) is 0 Å². The van der Waals surface area contributed by atoms with Gasteiger partial charge in [0.1, 0.15) is 0 Å². The van der Waals surface area contributed by atoms with Crippen LogP contribution in [0.3, 0.4) is 0 Å². The lowest BCUT2D eigenvalue weighted by atomic mass is 10.2. The molecule has 0 spiro atoms. The van der Waals surface area contributed by atoms with Crippen molar-refractivity contribution < 1.29 is 0 Å². The summed E-state index contributed by atoms with van der Waals surface area (Å²) >= 11 is 9.64. The van der Waals surface area contributed by atoms with Crippen LogP contribution in [-0.4, -0.2) is 0 Å². The number of hydrogen-bond acceptors (Lipinski definition) is 2. The predicted molar refractivity (Wildman–Crippen MR) is 48.8 cm³/mol. The highest BCUT2D eigenvalue weighted by molar-refractivity contribution is 7.81. The van der Waals surface area contributed by atoms with Crippen molar-refractivity contribution in [2.45, 2.75) is 6.92 Å². The Balaban J connectivity index is 3.09. The molecule has 1 nitrogen and oxygen atoms in total. The third kappa shape index (κ3) is 1.58. The minimum absolute atomic E-state index is 0.724. The van der Waals surface area contributed by atoms with Crippen LogP contribution in [0.5, 0.6) is 0 Å². The average Bonchev–Trinajstić information content (AvgIpc) is 1.94. The molecule has 0 unspecified atom stereocenters. The molecular formula is C7H8ClNS. The second kappa shape index (κ2) is 3.17. The molecular weight excluding hydrogens is 166 g/mol. The molecule has 1 rings (SSSR count). The molecule has 0 heterocycles. The van der Waals surface area contributed by atoms with E-state index in [1.807, 2.05) is 25.1 Å². The van der Waals surface area contributed by atoms with Crippen LogP contribution >= 0.6 is 24.4 Å². The molecule has 0 atom stereocenters. The highest BCUT2D eigenvalue weighted by Crippen LogP contribution is 2.20. The number of nitrogens with one attached hydrogen (secondary N) is 1. The summed E-state index contributed by atoms with van der Waals surface area (Å²) in [6.45, 7) is 1.99. The predicted octanol–water partition coefficient (Wildman–Crippen LogP) is 2.91. The zero-order valence-electron chi connectivity index (χ0n) is 5.56. The Hall–Kier alpha value is -0.340. The number of benzene rings is 1. The molecule has 54 valence electrons. The van der Waals surface area contributed by atoms with Crippen LogP contribution in [-0.2, 0) is 0 Å². The van der Waals surface area contributed by atoms with E-state index in [4.69, 9.17) is 11.6 Å². The van der Waals surface area contributed by atoms with E-state index in [1.165, 1.54) is 0 Å². The van der Waals surface area contributed by atoms with Crippen molar-refractivity contribution in [3.05, 3.63) is 28.8 Å². The Morgan fingerprint density at radius 1 is 1.50 bits per heavy atom. The first kappa shape index (κ1) is 7.76. The van der Waals surface area contributed by atoms with Gasteiger partial charge in [0.05, 0.1) is 0 Å². The summed E-state index contributed by atoms with van der Waals surface area (Å²) in [6, 6.07) is 5.64. The number of hydrogen-bond donors (Lipinski definition) is 2. The van der Waals surface area contributed by atoms with Gasteiger partial charge in [-0.1, -0.05) is 30.5 Å². The average molecular weight is 174 g/mol. The Morgan fingerprint density at radius 3 is 2.70 bits per heavy atom. The Kier molecular flexibility index (Phi) is 2.46. The van der Waals surface area contributed by atoms with Gasteiger partial charge in [-0.05, 0) is 24.6 Å². The number of anilines is 1. The summed E-state index contributed by atoms with van der Waals surface area (Å²) < 4.78 is 2.75. The molecule has 1 N–H and O–H groups in total. The van der Waals surface area contributed by atoms with E-state index >= 15 is 0 Å². The van der Waals surface area contributed by atoms with Gasteiger partial charge in [0.2, 0.25) is 0 Å². The molecule has 0 amide bonds. The SMILES string of the molecule is Cc1ccc(Cl)cc1NS. The van der Waals surface area contributed by atoms with Crippen molar-refractivity contribution in [1.29, 1.82) is 0 Å². The summed E-state index contributed by atoms with van der Waals surface area (Å²) in [6.07, 6.45) is 0. The maximum absolute atomic E-state index is 5.72. The lowest BCUT2D eigenvalue weighted by Gasteiger charge is -2.02. The molecule has 0 saturated carbocycles. The second-order valence-electron chi connectivity index (χ2n) is 2.07. The van der Waals surface area contributed by atoms with E-state index in [0.29, 0.717) is 0 Å². The van der Waals surface area contributed by atoms with Gasteiger partial charge >= 0.3 is 0 Å². The zero-order chi connectivity index (χ0) is 7.56. The normalized spacial score (nSPS) is 9.50. The highest BCUT2D eigenvalue weighted by Gasteiger charge is 1.94. The third-order valence-electron chi connectivity index (χ3n) is 1.32. The van der Waals surface area contributed by atoms with Gasteiger partial charge in [-0.3, -0.25) is 0 Å². The quantitative estimate of drug-likeness (QED) is 0.623. The highest BCUT2D eigenvalue weighted by atomic mass is 35.5. The molecule has 0 aliphatic heterocycles. The summed E-state index contributed by atoms with van der Waals surface area (Å²) in [4.78, 5) is 0. The number of rotatable bonds is 1. The molecule has 3 heteroatoms. The Bertz CT molecular complexity index is 237. The van der Waals surface area contributed by atoms with Crippen LogP contribution in [0.1, 0.15) is 5.56 Å². The van der Waals surface area contributed by atoms with Crippen LogP contribution < -0.4 is 4.72 Å². The van der Waals surface area contributed by atoms with Crippen LogP contribution in [0.2, 0.25) is 5.02 Å². The van der Waals surface area contributed by atoms with E-state index < -0.39 is 0 Å². The molecule has 0 bridgehead atoms. The summed E-state index contributed by atoms with van der Waals surface area (Å²) in [5.74, 6) is 0. The maximum atomic E-state index is 5.72. The monoisotopic (exact) mass is 173 g/mol. The molecule has 1 aromatic carbocycles. The maximum Gasteiger partial charge on any atom is 0.0482 e. The van der Waals surface area contributed by atoms with Crippen molar-refractivity contribution in [2.24, 2.45) is 0 Å². The van der Waals surface area contributed by atoms with Crippen LogP contribution in [0.4, 0.5) is 5.69 Å². The van der Waals surface area contributed by atoms with Gasteiger partial charge in [0, 0.05) is 10.7 Å². The van der Waals surface area contributed by atoms with E-state index in [1.54, 1.807) is 0 Å². The fraction of sp³-hybridized carbons (Fsp3) is 0.143. The topological polar surface area (TPSA) is 12.0 Å². The molecule has 1 aromatic rings. The zero-order valence-corrected chi connectivity index (χ0v) is 7.21. The lowest BCUT2D eigenvalue weighted by Crippen LogP contribution is -1.83. The van der Waals surface area contributed by atoms with E-state index in [9.17, 15) is 0 Å². The number of halogens is 1. The van der Waals surface area contributed by atoms with Crippen LogP contribution in [0.15, 0.2) is 18.2 Å². The molecule has 0 radical (unpaired) electrons. The van der Waals surface area contributed by atoms with E-state index in [0.717, 1.165) is 16.3 Å². The van der Waals surface area contributed by atoms with Crippen molar-refractivity contribution in [3.8, 4) is 0 Å². The lowest BCUT2D eigenvalue weighted by molar-refractivity contribution is 1.47. The second-order valence-corrected chi connectivity index (χ2v) is 2.73. The Labute approximate surface area is 70.9 Å². The fourth-order valence-corrected chi connectivity index (χ4v) is 1.13. The van der Waals surface area contributed by atoms with Crippen molar-refractivity contribution >= 4 is 30.1 Å². The summed E-state index contributed by atoms with van der Waals surface area (Å²) in [7, 11) is 0. The first-order chi connectivity index (χ1) is 4.74. The summed E-state index contributed by atoms with van der Waals surface area (Å²) in [5.41, 5.74) is 2.09. The first-order valence-electron chi connectivity index (χ1n) is 2.90. The van der Waals surface area contributed by atoms with Gasteiger partial charge < -0.3 is 4.72 Å². The van der Waals surface area contributed by atoms with Crippen molar-refractivity contribution in [1.82, 2.24) is 0 Å². The molecule has 0 fully saturated rings. The van der Waals surface area contributed by atoms with E-state index in [2.05, 4.69) is 17.5 Å². The summed E-state index contributed by atoms with van der Waals surface area (Å²) in [5, 5.41) is 0.724. The van der Waals surface area contributed by atoms with Gasteiger partial charge in [0.15, 0.2) is 0 Å². The molecule has 0 aliphatic carbocycles. The smallest absolute Gasteiger partial charge is 0.0482 e. The molecule has 0 saturated heterocycles.